The lowest BCUT2D eigenvalue weighted by molar-refractivity contribution is -0.136. The molecule has 31 heavy (non-hydrogen) atoms. The van der Waals surface area contributed by atoms with Crippen molar-refractivity contribution in [1.82, 2.24) is 4.72 Å². The van der Waals surface area contributed by atoms with Gasteiger partial charge in [-0.3, -0.25) is 0 Å². The Bertz CT molecular complexity index is 1250. The molecule has 0 saturated carbocycles. The number of hydrogen-bond acceptors (Lipinski definition) is 6. The van der Waals surface area contributed by atoms with Crippen molar-refractivity contribution in [2.45, 2.75) is 51.0 Å². The average Bonchev–Trinajstić information content (AvgIpc) is 2.72. The molecule has 3 rings (SSSR count). The van der Waals surface area contributed by atoms with Gasteiger partial charge in [0.05, 0.1) is 4.90 Å². The zero-order valence-corrected chi connectivity index (χ0v) is 18.5. The Morgan fingerprint density at radius 1 is 1.10 bits per heavy atom. The van der Waals surface area contributed by atoms with Crippen LogP contribution in [0.1, 0.15) is 37.8 Å². The molecule has 0 aliphatic rings. The van der Waals surface area contributed by atoms with Gasteiger partial charge in [0.2, 0.25) is 10.0 Å². The first-order valence-electron chi connectivity index (χ1n) is 10.1. The Hall–Kier alpha value is -2.97. The van der Waals surface area contributed by atoms with E-state index >= 15 is 0 Å². The Morgan fingerprint density at radius 2 is 1.81 bits per heavy atom. The number of fused-ring (bicyclic) bond motifs is 1. The normalized spacial score (nSPS) is 12.6. The Balaban J connectivity index is 1.83. The molecule has 0 bridgehead atoms. The molecule has 2 aromatic carbocycles. The van der Waals surface area contributed by atoms with Gasteiger partial charge in [-0.15, -0.1) is 0 Å². The first-order valence-corrected chi connectivity index (χ1v) is 11.6. The van der Waals surface area contributed by atoms with Gasteiger partial charge in [0.1, 0.15) is 17.4 Å². The highest BCUT2D eigenvalue weighted by Gasteiger charge is 2.27. The van der Waals surface area contributed by atoms with Crippen LogP contribution in [0.25, 0.3) is 11.0 Å². The minimum absolute atomic E-state index is 0.0755. The van der Waals surface area contributed by atoms with Crippen molar-refractivity contribution in [1.29, 1.82) is 0 Å². The first-order chi connectivity index (χ1) is 14.7. The number of esters is 1. The van der Waals surface area contributed by atoms with E-state index in [1.807, 2.05) is 20.8 Å². The SMILES string of the molecule is CCC[C@@H](NS(=O)(=O)c1ccc(C)cc1)C(=O)Oc1ccc2c(CC)cc(=O)oc2c1. The molecule has 1 aromatic heterocycles. The summed E-state index contributed by atoms with van der Waals surface area (Å²) in [4.78, 5) is 24.6. The summed E-state index contributed by atoms with van der Waals surface area (Å²) in [7, 11) is -3.90. The molecule has 0 aliphatic carbocycles. The predicted octanol–water partition coefficient (Wildman–Crippen LogP) is 3.72. The maximum Gasteiger partial charge on any atom is 0.336 e. The Labute approximate surface area is 181 Å². The van der Waals surface area contributed by atoms with Gasteiger partial charge in [-0.05, 0) is 49.6 Å². The zero-order chi connectivity index (χ0) is 22.6. The molecule has 1 N–H and O–H groups in total. The topological polar surface area (TPSA) is 103 Å². The molecule has 7 nitrogen and oxygen atoms in total. The molecule has 0 amide bonds. The van der Waals surface area contributed by atoms with Gasteiger partial charge in [0, 0.05) is 17.5 Å². The lowest BCUT2D eigenvalue weighted by Gasteiger charge is -2.17. The fourth-order valence-electron chi connectivity index (χ4n) is 3.24. The minimum Gasteiger partial charge on any atom is -0.425 e. The summed E-state index contributed by atoms with van der Waals surface area (Å²) < 4.78 is 38.5. The van der Waals surface area contributed by atoms with E-state index in [1.165, 1.54) is 24.3 Å². The third kappa shape index (κ3) is 5.39. The maximum atomic E-state index is 12.8. The van der Waals surface area contributed by atoms with Gasteiger partial charge in [-0.1, -0.05) is 38.0 Å². The van der Waals surface area contributed by atoms with Gasteiger partial charge < -0.3 is 9.15 Å². The molecule has 0 spiro atoms. The summed E-state index contributed by atoms with van der Waals surface area (Å²) in [5, 5.41) is 0.757. The second kappa shape index (κ2) is 9.45. The number of ether oxygens (including phenoxy) is 1. The predicted molar refractivity (Wildman–Crippen MR) is 118 cm³/mol. The molecular weight excluding hydrogens is 418 g/mol. The number of aryl methyl sites for hydroxylation is 2. The summed E-state index contributed by atoms with van der Waals surface area (Å²) in [6, 6.07) is 11.5. The van der Waals surface area contributed by atoms with E-state index in [-0.39, 0.29) is 17.1 Å². The smallest absolute Gasteiger partial charge is 0.336 e. The minimum atomic E-state index is -3.90. The highest BCUT2D eigenvalue weighted by molar-refractivity contribution is 7.89. The first kappa shape index (κ1) is 22.7. The molecule has 0 radical (unpaired) electrons. The van der Waals surface area contributed by atoms with Gasteiger partial charge in [0.25, 0.3) is 0 Å². The molecule has 164 valence electrons. The number of carbonyl (C=O) groups excluding carboxylic acids is 1. The number of sulfonamides is 1. The van der Waals surface area contributed by atoms with Gasteiger partial charge in [-0.2, -0.15) is 4.72 Å². The quantitative estimate of drug-likeness (QED) is 0.323. The summed E-state index contributed by atoms with van der Waals surface area (Å²) in [5.41, 5.74) is 1.58. The van der Waals surface area contributed by atoms with E-state index in [2.05, 4.69) is 4.72 Å². The van der Waals surface area contributed by atoms with E-state index in [9.17, 15) is 18.0 Å². The number of nitrogens with one attached hydrogen (secondary N) is 1. The van der Waals surface area contributed by atoms with Crippen LogP contribution in [0.3, 0.4) is 0 Å². The standard InChI is InChI=1S/C23H25NO6S/c1-4-6-20(24-31(27,28)18-10-7-15(3)8-11-18)23(26)29-17-9-12-19-16(5-2)13-22(25)30-21(19)14-17/h7-14,20,24H,4-6H2,1-3H3/t20-/m1/s1. The molecule has 0 fully saturated rings. The van der Waals surface area contributed by atoms with Crippen molar-refractivity contribution in [2.24, 2.45) is 0 Å². The highest BCUT2D eigenvalue weighted by Crippen LogP contribution is 2.24. The van der Waals surface area contributed by atoms with Crippen molar-refractivity contribution in [3.8, 4) is 5.75 Å². The van der Waals surface area contributed by atoms with Crippen LogP contribution < -0.4 is 15.1 Å². The second-order valence-electron chi connectivity index (χ2n) is 7.30. The molecule has 3 aromatic rings. The molecular formula is C23H25NO6S. The van der Waals surface area contributed by atoms with E-state index in [1.54, 1.807) is 24.3 Å². The zero-order valence-electron chi connectivity index (χ0n) is 17.7. The average molecular weight is 444 g/mol. The number of hydrogen-bond donors (Lipinski definition) is 1. The highest BCUT2D eigenvalue weighted by atomic mass is 32.2. The van der Waals surface area contributed by atoms with Crippen LogP contribution in [0.5, 0.6) is 5.75 Å². The molecule has 1 heterocycles. The largest absolute Gasteiger partial charge is 0.425 e. The monoisotopic (exact) mass is 443 g/mol. The van der Waals surface area contributed by atoms with Crippen LogP contribution in [-0.2, 0) is 21.2 Å². The van der Waals surface area contributed by atoms with E-state index < -0.39 is 27.7 Å². The second-order valence-corrected chi connectivity index (χ2v) is 9.01. The number of carbonyl (C=O) groups is 1. The van der Waals surface area contributed by atoms with E-state index in [0.29, 0.717) is 18.4 Å². The summed E-state index contributed by atoms with van der Waals surface area (Å²) in [6.45, 7) is 5.63. The summed E-state index contributed by atoms with van der Waals surface area (Å²) >= 11 is 0. The lowest BCUT2D eigenvalue weighted by atomic mass is 10.1. The molecule has 0 saturated heterocycles. The Kier molecular flexibility index (Phi) is 6.92. The lowest BCUT2D eigenvalue weighted by Crippen LogP contribution is -2.42. The molecule has 0 unspecified atom stereocenters. The van der Waals surface area contributed by atoms with Crippen LogP contribution in [0, 0.1) is 6.92 Å². The van der Waals surface area contributed by atoms with Crippen molar-refractivity contribution in [3.05, 3.63) is 70.1 Å². The van der Waals surface area contributed by atoms with Gasteiger partial charge >= 0.3 is 11.6 Å². The van der Waals surface area contributed by atoms with Gasteiger partial charge in [-0.25, -0.2) is 18.0 Å². The fourth-order valence-corrected chi connectivity index (χ4v) is 4.46. The van der Waals surface area contributed by atoms with E-state index in [4.69, 9.17) is 9.15 Å². The van der Waals surface area contributed by atoms with Crippen molar-refractivity contribution in [3.63, 3.8) is 0 Å². The Morgan fingerprint density at radius 3 is 2.45 bits per heavy atom. The van der Waals surface area contributed by atoms with E-state index in [0.717, 1.165) is 16.5 Å². The summed E-state index contributed by atoms with van der Waals surface area (Å²) in [6.07, 6.45) is 1.50. The number of rotatable bonds is 8. The third-order valence-electron chi connectivity index (χ3n) is 4.89. The maximum absolute atomic E-state index is 12.8. The number of benzene rings is 2. The third-order valence-corrected chi connectivity index (χ3v) is 6.38. The van der Waals surface area contributed by atoms with Crippen LogP contribution >= 0.6 is 0 Å². The van der Waals surface area contributed by atoms with Crippen molar-refractivity contribution >= 4 is 27.0 Å². The molecule has 0 aliphatic heterocycles. The summed E-state index contributed by atoms with van der Waals surface area (Å²) in [5.74, 6) is -0.560. The van der Waals surface area contributed by atoms with Crippen molar-refractivity contribution in [2.75, 3.05) is 0 Å². The van der Waals surface area contributed by atoms with Gasteiger partial charge in [0.15, 0.2) is 0 Å². The molecule has 1 atom stereocenters. The van der Waals surface area contributed by atoms with Crippen LogP contribution in [0.4, 0.5) is 0 Å². The van der Waals surface area contributed by atoms with Crippen LogP contribution in [-0.4, -0.2) is 20.4 Å². The molecule has 8 heteroatoms. The van der Waals surface area contributed by atoms with Crippen molar-refractivity contribution < 1.29 is 22.4 Å². The fraction of sp³-hybridized carbons (Fsp3) is 0.304. The van der Waals surface area contributed by atoms with Crippen LogP contribution in [0.15, 0.2) is 62.6 Å². The van der Waals surface area contributed by atoms with Crippen LogP contribution in [0.2, 0.25) is 0 Å².